The summed E-state index contributed by atoms with van der Waals surface area (Å²) in [4.78, 5) is 4.22. The van der Waals surface area contributed by atoms with E-state index in [0.29, 0.717) is 22.4 Å². The minimum absolute atomic E-state index is 0.310. The summed E-state index contributed by atoms with van der Waals surface area (Å²) < 4.78 is 16.3. The molecule has 0 fully saturated rings. The van der Waals surface area contributed by atoms with Gasteiger partial charge in [-0.1, -0.05) is 26.0 Å². The fraction of sp³-hybridized carbons (Fsp3) is 0.429. The molecule has 0 radical (unpaired) electrons. The number of nitrogens with zero attached hydrogens (tertiary/aromatic N) is 3. The van der Waals surface area contributed by atoms with Crippen molar-refractivity contribution in [2.24, 2.45) is 11.7 Å². The van der Waals surface area contributed by atoms with E-state index in [1.165, 1.54) is 6.33 Å². The number of nitrogens with two attached hydrogens (primary N) is 1. The second kappa shape index (κ2) is 6.45. The zero-order chi connectivity index (χ0) is 14.7. The molecule has 1 heterocycles. The number of hydrogen-bond donors (Lipinski definition) is 1. The molecular formula is C14H18BrFN4. The fourth-order valence-electron chi connectivity index (χ4n) is 2.06. The van der Waals surface area contributed by atoms with Crippen molar-refractivity contribution in [1.29, 1.82) is 0 Å². The van der Waals surface area contributed by atoms with Crippen LogP contribution < -0.4 is 5.73 Å². The number of benzene rings is 1. The van der Waals surface area contributed by atoms with Crippen LogP contribution in [0.25, 0.3) is 0 Å². The fourth-order valence-corrected chi connectivity index (χ4v) is 2.44. The van der Waals surface area contributed by atoms with Gasteiger partial charge in [-0.2, -0.15) is 5.10 Å². The number of halogens is 2. The van der Waals surface area contributed by atoms with Crippen LogP contribution in [0.2, 0.25) is 0 Å². The maximum absolute atomic E-state index is 14.0. The van der Waals surface area contributed by atoms with E-state index in [9.17, 15) is 4.39 Å². The van der Waals surface area contributed by atoms with E-state index in [4.69, 9.17) is 5.73 Å². The molecule has 0 aliphatic heterocycles. The number of aromatic nitrogens is 3. The molecule has 0 amide bonds. The minimum Gasteiger partial charge on any atom is -0.323 e. The van der Waals surface area contributed by atoms with Crippen molar-refractivity contribution in [2.75, 3.05) is 0 Å². The predicted octanol–water partition coefficient (Wildman–Crippen LogP) is 3.08. The Bertz CT molecular complexity index is 582. The first kappa shape index (κ1) is 15.1. The van der Waals surface area contributed by atoms with Crippen molar-refractivity contribution in [3.05, 3.63) is 46.2 Å². The van der Waals surface area contributed by atoms with E-state index in [1.807, 2.05) is 4.68 Å². The molecule has 0 spiro atoms. The van der Waals surface area contributed by atoms with Gasteiger partial charge in [-0.25, -0.2) is 14.1 Å². The molecular weight excluding hydrogens is 323 g/mol. The van der Waals surface area contributed by atoms with Crippen LogP contribution in [-0.2, 0) is 13.0 Å². The third-order valence-corrected chi connectivity index (χ3v) is 3.63. The van der Waals surface area contributed by atoms with Crippen LogP contribution in [-0.4, -0.2) is 14.8 Å². The van der Waals surface area contributed by atoms with Crippen molar-refractivity contribution in [3.63, 3.8) is 0 Å². The lowest BCUT2D eigenvalue weighted by molar-refractivity contribution is 0.457. The summed E-state index contributed by atoms with van der Waals surface area (Å²) in [5.41, 5.74) is 6.60. The molecule has 4 nitrogen and oxygen atoms in total. The van der Waals surface area contributed by atoms with Gasteiger partial charge in [-0.05, 0) is 27.9 Å². The van der Waals surface area contributed by atoms with Crippen molar-refractivity contribution in [1.82, 2.24) is 14.8 Å². The molecule has 0 saturated carbocycles. The maximum atomic E-state index is 14.0. The molecule has 1 unspecified atom stereocenters. The highest BCUT2D eigenvalue weighted by Gasteiger charge is 2.17. The topological polar surface area (TPSA) is 56.7 Å². The van der Waals surface area contributed by atoms with Crippen LogP contribution in [0.1, 0.15) is 31.3 Å². The molecule has 0 saturated heterocycles. The second-order valence-electron chi connectivity index (χ2n) is 5.21. The molecule has 2 rings (SSSR count). The quantitative estimate of drug-likeness (QED) is 0.909. The monoisotopic (exact) mass is 340 g/mol. The Morgan fingerprint density at radius 2 is 2.15 bits per heavy atom. The van der Waals surface area contributed by atoms with E-state index < -0.39 is 6.04 Å². The first-order chi connectivity index (χ1) is 9.49. The van der Waals surface area contributed by atoms with Gasteiger partial charge in [0.2, 0.25) is 0 Å². The van der Waals surface area contributed by atoms with Gasteiger partial charge in [0, 0.05) is 24.6 Å². The Hall–Kier alpha value is -1.27. The van der Waals surface area contributed by atoms with Gasteiger partial charge >= 0.3 is 0 Å². The molecule has 0 aliphatic carbocycles. The summed E-state index contributed by atoms with van der Waals surface area (Å²) in [6.45, 7) is 5.00. The third-order valence-electron chi connectivity index (χ3n) is 3.02. The Morgan fingerprint density at radius 3 is 2.85 bits per heavy atom. The molecule has 0 bridgehead atoms. The van der Waals surface area contributed by atoms with Crippen LogP contribution in [0.5, 0.6) is 0 Å². The predicted molar refractivity (Wildman–Crippen MR) is 79.6 cm³/mol. The first-order valence-electron chi connectivity index (χ1n) is 6.55. The zero-order valence-electron chi connectivity index (χ0n) is 11.6. The number of rotatable bonds is 5. The van der Waals surface area contributed by atoms with Crippen LogP contribution in [0.4, 0.5) is 4.39 Å². The standard InChI is InChI=1S/C14H18BrFN4/c1-9(2)7-20-13(18-8-19-20)6-12(17)10-4-3-5-11(15)14(10)16/h3-5,8-9,12H,6-7,17H2,1-2H3. The van der Waals surface area contributed by atoms with Crippen LogP contribution in [0, 0.1) is 11.7 Å². The Labute approximate surface area is 126 Å². The van der Waals surface area contributed by atoms with Gasteiger partial charge in [0.1, 0.15) is 18.0 Å². The van der Waals surface area contributed by atoms with Gasteiger partial charge in [-0.15, -0.1) is 0 Å². The summed E-state index contributed by atoms with van der Waals surface area (Å²) in [5.74, 6) is 0.940. The summed E-state index contributed by atoms with van der Waals surface area (Å²) >= 11 is 3.18. The van der Waals surface area contributed by atoms with Crippen molar-refractivity contribution >= 4 is 15.9 Å². The average molecular weight is 341 g/mol. The molecule has 2 N–H and O–H groups in total. The highest BCUT2D eigenvalue weighted by molar-refractivity contribution is 9.10. The molecule has 1 aromatic carbocycles. The largest absolute Gasteiger partial charge is 0.323 e. The molecule has 1 aromatic heterocycles. The summed E-state index contributed by atoms with van der Waals surface area (Å²) in [7, 11) is 0. The Balaban J connectivity index is 2.17. The van der Waals surface area contributed by atoms with Crippen LogP contribution in [0.15, 0.2) is 29.0 Å². The van der Waals surface area contributed by atoms with Crippen molar-refractivity contribution < 1.29 is 4.39 Å². The highest BCUT2D eigenvalue weighted by Crippen LogP contribution is 2.24. The average Bonchev–Trinajstić information content (AvgIpc) is 2.79. The normalized spacial score (nSPS) is 12.9. The Morgan fingerprint density at radius 1 is 1.40 bits per heavy atom. The van der Waals surface area contributed by atoms with Crippen LogP contribution in [0.3, 0.4) is 0 Å². The minimum atomic E-state index is -0.442. The van der Waals surface area contributed by atoms with Crippen molar-refractivity contribution in [3.8, 4) is 0 Å². The van der Waals surface area contributed by atoms with E-state index in [1.54, 1.807) is 18.2 Å². The second-order valence-corrected chi connectivity index (χ2v) is 6.06. The summed E-state index contributed by atoms with van der Waals surface area (Å²) in [6.07, 6.45) is 1.97. The summed E-state index contributed by atoms with van der Waals surface area (Å²) in [5, 5.41) is 4.19. The molecule has 2 aromatic rings. The van der Waals surface area contributed by atoms with Gasteiger partial charge in [0.05, 0.1) is 4.47 Å². The lowest BCUT2D eigenvalue weighted by Gasteiger charge is -2.14. The van der Waals surface area contributed by atoms with Gasteiger partial charge in [0.25, 0.3) is 0 Å². The van der Waals surface area contributed by atoms with Gasteiger partial charge in [-0.3, -0.25) is 0 Å². The SMILES string of the molecule is CC(C)Cn1ncnc1CC(N)c1cccc(Br)c1F. The third kappa shape index (κ3) is 3.43. The Kier molecular flexibility index (Phi) is 4.88. The molecule has 0 aliphatic rings. The van der Waals surface area contributed by atoms with E-state index in [2.05, 4.69) is 39.9 Å². The lowest BCUT2D eigenvalue weighted by atomic mass is 10.0. The van der Waals surface area contributed by atoms with Gasteiger partial charge in [0.15, 0.2) is 0 Å². The maximum Gasteiger partial charge on any atom is 0.142 e. The van der Waals surface area contributed by atoms with E-state index in [-0.39, 0.29) is 5.82 Å². The highest BCUT2D eigenvalue weighted by atomic mass is 79.9. The number of hydrogen-bond acceptors (Lipinski definition) is 3. The lowest BCUT2D eigenvalue weighted by Crippen LogP contribution is -2.19. The zero-order valence-corrected chi connectivity index (χ0v) is 13.1. The van der Waals surface area contributed by atoms with E-state index in [0.717, 1.165) is 12.4 Å². The van der Waals surface area contributed by atoms with Crippen LogP contribution >= 0.6 is 15.9 Å². The summed E-state index contributed by atoms with van der Waals surface area (Å²) in [6, 6.07) is 4.70. The molecule has 6 heteroatoms. The van der Waals surface area contributed by atoms with Gasteiger partial charge < -0.3 is 5.73 Å². The molecule has 20 heavy (non-hydrogen) atoms. The smallest absolute Gasteiger partial charge is 0.142 e. The molecule has 1 atom stereocenters. The molecule has 108 valence electrons. The van der Waals surface area contributed by atoms with Crippen molar-refractivity contribution in [2.45, 2.75) is 32.9 Å². The van der Waals surface area contributed by atoms with E-state index >= 15 is 0 Å². The first-order valence-corrected chi connectivity index (χ1v) is 7.34.